The van der Waals surface area contributed by atoms with Crippen molar-refractivity contribution in [2.24, 2.45) is 0 Å². The topological polar surface area (TPSA) is 17.8 Å². The SMILES string of the molecule is FC(F)(F)c1cccc(CSc2nn(-c3ccc(Cl)c(Cl)c3)c(=S)s2)c1. The van der Waals surface area contributed by atoms with Crippen LogP contribution in [0, 0.1) is 3.95 Å². The first kappa shape index (κ1) is 19.7. The van der Waals surface area contributed by atoms with E-state index in [9.17, 15) is 13.2 Å². The monoisotopic (exact) mass is 452 g/mol. The normalized spacial score (nSPS) is 11.7. The van der Waals surface area contributed by atoms with E-state index in [1.807, 2.05) is 0 Å². The van der Waals surface area contributed by atoms with Gasteiger partial charge in [-0.3, -0.25) is 0 Å². The molecule has 3 rings (SSSR count). The third-order valence-corrected chi connectivity index (χ3v) is 6.47. The van der Waals surface area contributed by atoms with Crippen LogP contribution < -0.4 is 0 Å². The second-order valence-corrected chi connectivity index (χ2v) is 8.79. The number of alkyl halides is 3. The predicted octanol–water partition coefficient (Wildman–Crippen LogP) is 7.28. The molecule has 1 aromatic heterocycles. The van der Waals surface area contributed by atoms with Crippen LogP contribution in [0.3, 0.4) is 0 Å². The number of hydrogen-bond acceptors (Lipinski definition) is 4. The maximum atomic E-state index is 12.8. The Balaban J connectivity index is 1.78. The van der Waals surface area contributed by atoms with Gasteiger partial charge in [-0.15, -0.1) is 5.10 Å². The Labute approximate surface area is 170 Å². The predicted molar refractivity (Wildman–Crippen MR) is 103 cm³/mol. The smallest absolute Gasteiger partial charge is 0.211 e. The molecule has 0 fully saturated rings. The highest BCUT2D eigenvalue weighted by Gasteiger charge is 2.30. The summed E-state index contributed by atoms with van der Waals surface area (Å²) >= 11 is 19.8. The molecule has 136 valence electrons. The molecule has 0 aliphatic heterocycles. The molecule has 0 unspecified atom stereocenters. The summed E-state index contributed by atoms with van der Waals surface area (Å²) in [5.74, 6) is 0.355. The van der Waals surface area contributed by atoms with Crippen LogP contribution in [-0.4, -0.2) is 9.78 Å². The second kappa shape index (κ2) is 7.90. The fourth-order valence-corrected chi connectivity index (χ4v) is 4.68. The standard InChI is InChI=1S/C16H9Cl2F3N2S3/c17-12-5-4-11(7-13(12)18)23-15(24)26-14(22-23)25-8-9-2-1-3-10(6-9)16(19,20)21/h1-7H,8H2. The fraction of sp³-hybridized carbons (Fsp3) is 0.125. The van der Waals surface area contributed by atoms with Crippen LogP contribution in [0.5, 0.6) is 0 Å². The largest absolute Gasteiger partial charge is 0.416 e. The number of rotatable bonds is 4. The maximum absolute atomic E-state index is 12.8. The van der Waals surface area contributed by atoms with Gasteiger partial charge < -0.3 is 0 Å². The van der Waals surface area contributed by atoms with Crippen molar-refractivity contribution in [1.29, 1.82) is 0 Å². The minimum Gasteiger partial charge on any atom is -0.211 e. The molecule has 0 bridgehead atoms. The number of nitrogens with zero attached hydrogens (tertiary/aromatic N) is 2. The quantitative estimate of drug-likeness (QED) is 0.305. The lowest BCUT2D eigenvalue weighted by atomic mass is 10.1. The Hall–Kier alpha value is -1.06. The Morgan fingerprint density at radius 2 is 1.88 bits per heavy atom. The van der Waals surface area contributed by atoms with E-state index >= 15 is 0 Å². The summed E-state index contributed by atoms with van der Waals surface area (Å²) in [6.45, 7) is 0. The van der Waals surface area contributed by atoms with Gasteiger partial charge in [0.25, 0.3) is 0 Å². The molecule has 0 amide bonds. The molecule has 0 spiro atoms. The summed E-state index contributed by atoms with van der Waals surface area (Å²) in [5, 5.41) is 5.22. The highest BCUT2D eigenvalue weighted by Crippen LogP contribution is 2.32. The van der Waals surface area contributed by atoms with Gasteiger partial charge in [0.15, 0.2) is 8.29 Å². The molecule has 2 aromatic carbocycles. The molecule has 10 heteroatoms. The van der Waals surface area contributed by atoms with Gasteiger partial charge in [-0.05, 0) is 42.0 Å². The summed E-state index contributed by atoms with van der Waals surface area (Å²) in [4.78, 5) is 0. The van der Waals surface area contributed by atoms with Gasteiger partial charge in [0.1, 0.15) is 0 Å². The van der Waals surface area contributed by atoms with Crippen LogP contribution in [0.25, 0.3) is 5.69 Å². The second-order valence-electron chi connectivity index (χ2n) is 5.13. The van der Waals surface area contributed by atoms with E-state index in [-0.39, 0.29) is 0 Å². The molecule has 0 atom stereocenters. The first-order chi connectivity index (χ1) is 12.2. The lowest BCUT2D eigenvalue weighted by molar-refractivity contribution is -0.137. The molecule has 0 aliphatic carbocycles. The lowest BCUT2D eigenvalue weighted by Crippen LogP contribution is -2.04. The van der Waals surface area contributed by atoms with Crippen molar-refractivity contribution < 1.29 is 13.2 Å². The van der Waals surface area contributed by atoms with Crippen molar-refractivity contribution in [2.45, 2.75) is 16.3 Å². The Bertz CT molecular complexity index is 999. The van der Waals surface area contributed by atoms with Gasteiger partial charge in [-0.1, -0.05) is 64.5 Å². The minimum absolute atomic E-state index is 0.355. The molecule has 2 nitrogen and oxygen atoms in total. The summed E-state index contributed by atoms with van der Waals surface area (Å²) in [5.41, 5.74) is 0.572. The van der Waals surface area contributed by atoms with Crippen molar-refractivity contribution >= 4 is 58.5 Å². The molecular weight excluding hydrogens is 444 g/mol. The van der Waals surface area contributed by atoms with E-state index in [0.29, 0.717) is 35.3 Å². The third-order valence-electron chi connectivity index (χ3n) is 3.29. The van der Waals surface area contributed by atoms with E-state index in [1.165, 1.54) is 29.2 Å². The van der Waals surface area contributed by atoms with E-state index in [4.69, 9.17) is 35.4 Å². The van der Waals surface area contributed by atoms with Crippen LogP contribution in [0.4, 0.5) is 13.2 Å². The number of hydrogen-bond donors (Lipinski definition) is 0. The first-order valence-electron chi connectivity index (χ1n) is 7.08. The zero-order chi connectivity index (χ0) is 18.9. The van der Waals surface area contributed by atoms with Crippen molar-refractivity contribution in [3.63, 3.8) is 0 Å². The van der Waals surface area contributed by atoms with Gasteiger partial charge in [-0.2, -0.15) is 13.2 Å². The molecule has 3 aromatic rings. The average molecular weight is 453 g/mol. The number of thioether (sulfide) groups is 1. The lowest BCUT2D eigenvalue weighted by Gasteiger charge is -2.08. The molecule has 0 saturated carbocycles. The number of benzene rings is 2. The zero-order valence-corrected chi connectivity index (χ0v) is 16.7. The summed E-state index contributed by atoms with van der Waals surface area (Å²) in [6.07, 6.45) is -4.35. The van der Waals surface area contributed by atoms with E-state index in [0.717, 1.165) is 12.1 Å². The van der Waals surface area contributed by atoms with Crippen molar-refractivity contribution in [3.05, 3.63) is 67.6 Å². The first-order valence-corrected chi connectivity index (χ1v) is 10.1. The Morgan fingerprint density at radius 1 is 1.12 bits per heavy atom. The number of aromatic nitrogens is 2. The van der Waals surface area contributed by atoms with Gasteiger partial charge in [-0.25, -0.2) is 4.68 Å². The zero-order valence-electron chi connectivity index (χ0n) is 12.8. The average Bonchev–Trinajstić information content (AvgIpc) is 2.96. The summed E-state index contributed by atoms with van der Waals surface area (Å²) in [7, 11) is 0. The highest BCUT2D eigenvalue weighted by molar-refractivity contribution is 8.00. The van der Waals surface area contributed by atoms with Gasteiger partial charge >= 0.3 is 6.18 Å². The van der Waals surface area contributed by atoms with E-state index in [2.05, 4.69) is 5.10 Å². The molecule has 0 aliphatic rings. The molecule has 0 radical (unpaired) electrons. The van der Waals surface area contributed by atoms with Crippen LogP contribution in [-0.2, 0) is 11.9 Å². The molecule has 1 heterocycles. The highest BCUT2D eigenvalue weighted by atomic mass is 35.5. The van der Waals surface area contributed by atoms with Gasteiger partial charge in [0, 0.05) is 5.75 Å². The van der Waals surface area contributed by atoms with Crippen LogP contribution in [0.15, 0.2) is 46.8 Å². The third kappa shape index (κ3) is 4.61. The fourth-order valence-electron chi connectivity index (χ4n) is 2.08. The summed E-state index contributed by atoms with van der Waals surface area (Å²) in [6, 6.07) is 10.3. The van der Waals surface area contributed by atoms with Gasteiger partial charge in [0.05, 0.1) is 21.3 Å². The molecule has 26 heavy (non-hydrogen) atoms. The molecule has 0 saturated heterocycles. The van der Waals surface area contributed by atoms with E-state index < -0.39 is 11.7 Å². The molecular formula is C16H9Cl2F3N2S3. The van der Waals surface area contributed by atoms with Crippen molar-refractivity contribution in [2.75, 3.05) is 0 Å². The van der Waals surface area contributed by atoms with Crippen molar-refractivity contribution in [1.82, 2.24) is 9.78 Å². The van der Waals surface area contributed by atoms with Crippen LogP contribution >= 0.6 is 58.5 Å². The van der Waals surface area contributed by atoms with Gasteiger partial charge in [0.2, 0.25) is 0 Å². The van der Waals surface area contributed by atoms with Crippen LogP contribution in [0.1, 0.15) is 11.1 Å². The summed E-state index contributed by atoms with van der Waals surface area (Å²) < 4.78 is 41.1. The van der Waals surface area contributed by atoms with Crippen molar-refractivity contribution in [3.8, 4) is 5.69 Å². The minimum atomic E-state index is -4.35. The molecule has 0 N–H and O–H groups in total. The maximum Gasteiger partial charge on any atom is 0.416 e. The van der Waals surface area contributed by atoms with E-state index in [1.54, 1.807) is 28.9 Å². The van der Waals surface area contributed by atoms with Crippen LogP contribution in [0.2, 0.25) is 10.0 Å². The Kier molecular flexibility index (Phi) is 5.98. The Morgan fingerprint density at radius 3 is 2.58 bits per heavy atom. The number of halogens is 5.